The number of amides is 2. The molecule has 116 valence electrons. The van der Waals surface area contributed by atoms with Gasteiger partial charge in [0.1, 0.15) is 17.2 Å². The van der Waals surface area contributed by atoms with Crippen molar-refractivity contribution in [3.63, 3.8) is 0 Å². The number of aromatic nitrogens is 2. The number of nitrogens with one attached hydrogen (secondary N) is 2. The van der Waals surface area contributed by atoms with Gasteiger partial charge in [0.25, 0.3) is 0 Å². The van der Waals surface area contributed by atoms with Gasteiger partial charge in [0.2, 0.25) is 0 Å². The third kappa shape index (κ3) is 3.03. The van der Waals surface area contributed by atoms with E-state index in [1.54, 1.807) is 20.0 Å². The first-order valence-corrected chi connectivity index (χ1v) is 7.35. The number of carbonyl (C=O) groups is 1. The van der Waals surface area contributed by atoms with E-state index in [-0.39, 0.29) is 6.03 Å². The Bertz CT molecular complexity index is 640. The summed E-state index contributed by atoms with van der Waals surface area (Å²) in [5.41, 5.74) is 1.89. The van der Waals surface area contributed by atoms with E-state index in [1.165, 1.54) is 12.8 Å². The number of anilines is 3. The molecule has 0 radical (unpaired) electrons. The highest BCUT2D eigenvalue weighted by molar-refractivity contribution is 6.00. The third-order valence-corrected chi connectivity index (χ3v) is 3.71. The SMILES string of the molecule is Cc1noc(C)c1NC(=O)Nc1ccc(N2CCCC2)nc1. The maximum absolute atomic E-state index is 12.0. The summed E-state index contributed by atoms with van der Waals surface area (Å²) in [5, 5.41) is 9.28. The van der Waals surface area contributed by atoms with Crippen molar-refractivity contribution in [3.05, 3.63) is 29.8 Å². The fraction of sp³-hybridized carbons (Fsp3) is 0.400. The highest BCUT2D eigenvalue weighted by Gasteiger charge is 2.14. The lowest BCUT2D eigenvalue weighted by atomic mass is 10.3. The topological polar surface area (TPSA) is 83.3 Å². The summed E-state index contributed by atoms with van der Waals surface area (Å²) in [6.45, 7) is 5.62. The van der Waals surface area contributed by atoms with Gasteiger partial charge in [-0.05, 0) is 38.8 Å². The predicted molar refractivity (Wildman–Crippen MR) is 84.3 cm³/mol. The molecule has 0 unspecified atom stereocenters. The molecule has 1 saturated heterocycles. The monoisotopic (exact) mass is 301 g/mol. The van der Waals surface area contributed by atoms with Crippen molar-refractivity contribution in [2.24, 2.45) is 0 Å². The second kappa shape index (κ2) is 6.05. The molecule has 7 heteroatoms. The Morgan fingerprint density at radius 2 is 2.00 bits per heavy atom. The van der Waals surface area contributed by atoms with Crippen LogP contribution in [-0.2, 0) is 0 Å². The Labute approximate surface area is 128 Å². The van der Waals surface area contributed by atoms with Crippen LogP contribution in [0.3, 0.4) is 0 Å². The number of pyridine rings is 1. The number of hydrogen-bond acceptors (Lipinski definition) is 5. The second-order valence-corrected chi connectivity index (χ2v) is 5.38. The van der Waals surface area contributed by atoms with Crippen molar-refractivity contribution >= 4 is 23.2 Å². The van der Waals surface area contributed by atoms with Crippen LogP contribution in [0.5, 0.6) is 0 Å². The number of rotatable bonds is 3. The predicted octanol–water partition coefficient (Wildman–Crippen LogP) is 2.93. The zero-order chi connectivity index (χ0) is 15.5. The quantitative estimate of drug-likeness (QED) is 0.910. The average molecular weight is 301 g/mol. The van der Waals surface area contributed by atoms with Crippen LogP contribution in [0.2, 0.25) is 0 Å². The van der Waals surface area contributed by atoms with Crippen LogP contribution in [-0.4, -0.2) is 29.3 Å². The van der Waals surface area contributed by atoms with Crippen molar-refractivity contribution in [1.82, 2.24) is 10.1 Å². The van der Waals surface area contributed by atoms with Gasteiger partial charge in [-0.15, -0.1) is 0 Å². The van der Waals surface area contributed by atoms with E-state index in [0.717, 1.165) is 18.9 Å². The summed E-state index contributed by atoms with van der Waals surface area (Å²) in [7, 11) is 0. The smallest absolute Gasteiger partial charge is 0.323 e. The van der Waals surface area contributed by atoms with Crippen molar-refractivity contribution in [3.8, 4) is 0 Å². The van der Waals surface area contributed by atoms with E-state index in [4.69, 9.17) is 4.52 Å². The maximum atomic E-state index is 12.0. The molecule has 2 amide bonds. The van der Waals surface area contributed by atoms with E-state index in [0.29, 0.717) is 22.8 Å². The van der Waals surface area contributed by atoms with Gasteiger partial charge in [0.05, 0.1) is 11.9 Å². The molecule has 3 rings (SSSR count). The largest absolute Gasteiger partial charge is 0.359 e. The molecule has 2 aromatic rings. The van der Waals surface area contributed by atoms with E-state index < -0.39 is 0 Å². The first kappa shape index (κ1) is 14.4. The van der Waals surface area contributed by atoms with Crippen LogP contribution in [0.1, 0.15) is 24.3 Å². The summed E-state index contributed by atoms with van der Waals surface area (Å²) in [6.07, 6.45) is 4.09. The lowest BCUT2D eigenvalue weighted by Gasteiger charge is -2.16. The van der Waals surface area contributed by atoms with Gasteiger partial charge in [0.15, 0.2) is 5.76 Å². The summed E-state index contributed by atoms with van der Waals surface area (Å²) >= 11 is 0. The molecule has 1 fully saturated rings. The normalized spacial score (nSPS) is 14.2. The minimum atomic E-state index is -0.342. The molecule has 2 aromatic heterocycles. The summed E-state index contributed by atoms with van der Waals surface area (Å²) in [6, 6.07) is 3.44. The van der Waals surface area contributed by atoms with Gasteiger partial charge in [-0.25, -0.2) is 9.78 Å². The lowest BCUT2D eigenvalue weighted by Crippen LogP contribution is -2.21. The summed E-state index contributed by atoms with van der Waals surface area (Å²) in [5.74, 6) is 1.53. The lowest BCUT2D eigenvalue weighted by molar-refractivity contribution is 0.262. The molecule has 0 bridgehead atoms. The van der Waals surface area contributed by atoms with E-state index in [1.807, 2.05) is 12.1 Å². The van der Waals surface area contributed by atoms with Gasteiger partial charge in [-0.3, -0.25) is 0 Å². The molecule has 2 N–H and O–H groups in total. The molecule has 1 aliphatic rings. The first-order valence-electron chi connectivity index (χ1n) is 7.35. The van der Waals surface area contributed by atoms with Crippen LogP contribution in [0, 0.1) is 13.8 Å². The summed E-state index contributed by atoms with van der Waals surface area (Å²) < 4.78 is 5.01. The standard InChI is InChI=1S/C15H19N5O2/c1-10-14(11(2)22-19-10)18-15(21)17-12-5-6-13(16-9-12)20-7-3-4-8-20/h5-6,9H,3-4,7-8H2,1-2H3,(H2,17,18,21). The highest BCUT2D eigenvalue weighted by atomic mass is 16.5. The van der Waals surface area contributed by atoms with Crippen LogP contribution in [0.15, 0.2) is 22.9 Å². The van der Waals surface area contributed by atoms with Crippen LogP contribution in [0.25, 0.3) is 0 Å². The average Bonchev–Trinajstić information content (AvgIpc) is 3.14. The number of carbonyl (C=O) groups excluding carboxylic acids is 1. The van der Waals surface area contributed by atoms with E-state index in [9.17, 15) is 4.79 Å². The first-order chi connectivity index (χ1) is 10.6. The zero-order valence-corrected chi connectivity index (χ0v) is 12.7. The van der Waals surface area contributed by atoms with Crippen LogP contribution < -0.4 is 15.5 Å². The van der Waals surface area contributed by atoms with Gasteiger partial charge in [-0.2, -0.15) is 0 Å². The molecule has 22 heavy (non-hydrogen) atoms. The number of urea groups is 1. The number of hydrogen-bond donors (Lipinski definition) is 2. The number of nitrogens with zero attached hydrogens (tertiary/aromatic N) is 3. The Morgan fingerprint density at radius 1 is 1.23 bits per heavy atom. The van der Waals surface area contributed by atoms with E-state index in [2.05, 4.69) is 25.7 Å². The Kier molecular flexibility index (Phi) is 3.95. The van der Waals surface area contributed by atoms with Crippen LogP contribution in [0.4, 0.5) is 22.0 Å². The Balaban J connectivity index is 1.61. The highest BCUT2D eigenvalue weighted by Crippen LogP contribution is 2.20. The fourth-order valence-electron chi connectivity index (χ4n) is 2.53. The zero-order valence-electron chi connectivity index (χ0n) is 12.7. The van der Waals surface area contributed by atoms with Crippen molar-refractivity contribution in [2.75, 3.05) is 28.6 Å². The van der Waals surface area contributed by atoms with Crippen LogP contribution >= 0.6 is 0 Å². The maximum Gasteiger partial charge on any atom is 0.323 e. The summed E-state index contributed by atoms with van der Waals surface area (Å²) in [4.78, 5) is 18.6. The molecule has 1 aliphatic heterocycles. The van der Waals surface area contributed by atoms with Gasteiger partial charge < -0.3 is 20.1 Å². The molecule has 7 nitrogen and oxygen atoms in total. The minimum absolute atomic E-state index is 0.342. The Hall–Kier alpha value is -2.57. The molecule has 0 aliphatic carbocycles. The molecule has 3 heterocycles. The molecular formula is C15H19N5O2. The molecule has 0 aromatic carbocycles. The third-order valence-electron chi connectivity index (χ3n) is 3.71. The van der Waals surface area contributed by atoms with Crippen molar-refractivity contribution in [2.45, 2.75) is 26.7 Å². The number of aryl methyl sites for hydroxylation is 2. The molecule has 0 saturated carbocycles. The second-order valence-electron chi connectivity index (χ2n) is 5.38. The fourth-order valence-corrected chi connectivity index (χ4v) is 2.53. The molecule has 0 spiro atoms. The van der Waals surface area contributed by atoms with Gasteiger partial charge in [-0.1, -0.05) is 5.16 Å². The van der Waals surface area contributed by atoms with Gasteiger partial charge >= 0.3 is 6.03 Å². The van der Waals surface area contributed by atoms with Crippen molar-refractivity contribution < 1.29 is 9.32 Å². The molecular weight excluding hydrogens is 282 g/mol. The Morgan fingerprint density at radius 3 is 2.59 bits per heavy atom. The van der Waals surface area contributed by atoms with Gasteiger partial charge in [0, 0.05) is 13.1 Å². The van der Waals surface area contributed by atoms with E-state index >= 15 is 0 Å². The van der Waals surface area contributed by atoms with Crippen molar-refractivity contribution in [1.29, 1.82) is 0 Å². The minimum Gasteiger partial charge on any atom is -0.359 e. The molecule has 0 atom stereocenters.